The maximum Gasteiger partial charge on any atom is 0.317 e. The zero-order valence-electron chi connectivity index (χ0n) is 31.4. The van der Waals surface area contributed by atoms with Gasteiger partial charge in [0.1, 0.15) is 12.5 Å². The SMILES string of the molecule is CCC(=O)OC1CCCCCCCC/C=C\C/C=C\CCCCCOC(=O)CC(=O)OCCCCC/C=C\C/C=C\CCCCCCCC1. The van der Waals surface area contributed by atoms with Gasteiger partial charge >= 0.3 is 17.9 Å². The number of ether oxygens (including phenoxy) is 3. The summed E-state index contributed by atoms with van der Waals surface area (Å²) in [5.74, 6) is -1.04. The van der Waals surface area contributed by atoms with E-state index in [1.165, 1.54) is 64.2 Å². The number of esters is 3. The number of cyclic esters (lactones) is 2. The summed E-state index contributed by atoms with van der Waals surface area (Å²) in [7, 11) is 0. The third-order valence-electron chi connectivity index (χ3n) is 8.94. The fourth-order valence-corrected chi connectivity index (χ4v) is 5.90. The normalized spacial score (nSPS) is 23.6. The molecule has 1 heterocycles. The number of carbonyl (C=O) groups excluding carboxylic acids is 3. The molecule has 6 nitrogen and oxygen atoms in total. The molecule has 0 amide bonds. The van der Waals surface area contributed by atoms with Crippen molar-refractivity contribution in [3.05, 3.63) is 48.6 Å². The Kier molecular flexibility index (Phi) is 31.9. The van der Waals surface area contributed by atoms with E-state index >= 15 is 0 Å². The van der Waals surface area contributed by atoms with Crippen LogP contribution >= 0.6 is 0 Å². The smallest absolute Gasteiger partial charge is 0.317 e. The highest BCUT2D eigenvalue weighted by atomic mass is 16.6. The lowest BCUT2D eigenvalue weighted by Crippen LogP contribution is -2.17. The van der Waals surface area contributed by atoms with E-state index in [9.17, 15) is 14.4 Å². The van der Waals surface area contributed by atoms with Crippen LogP contribution in [0.2, 0.25) is 0 Å². The van der Waals surface area contributed by atoms with Gasteiger partial charge in [0.25, 0.3) is 0 Å². The fraction of sp³-hybridized carbons (Fsp3) is 0.744. The van der Waals surface area contributed by atoms with Crippen LogP contribution in [-0.4, -0.2) is 37.2 Å². The van der Waals surface area contributed by atoms with Crippen LogP contribution in [0.3, 0.4) is 0 Å². The number of hydrogen-bond acceptors (Lipinski definition) is 6. The van der Waals surface area contributed by atoms with Gasteiger partial charge in [0.05, 0.1) is 13.2 Å². The minimum Gasteiger partial charge on any atom is -0.465 e. The molecule has 0 atom stereocenters. The van der Waals surface area contributed by atoms with Crippen molar-refractivity contribution >= 4 is 17.9 Å². The van der Waals surface area contributed by atoms with Gasteiger partial charge in [-0.15, -0.1) is 0 Å². The van der Waals surface area contributed by atoms with Crippen molar-refractivity contribution in [2.24, 2.45) is 0 Å². The second-order valence-corrected chi connectivity index (χ2v) is 13.5. The van der Waals surface area contributed by atoms with Gasteiger partial charge in [-0.25, -0.2) is 0 Å². The first-order valence-corrected chi connectivity index (χ1v) is 20.2. The molecule has 1 rings (SSSR count). The average molecular weight is 685 g/mol. The summed E-state index contributed by atoms with van der Waals surface area (Å²) in [5.41, 5.74) is 0. The molecule has 0 spiro atoms. The zero-order valence-corrected chi connectivity index (χ0v) is 31.4. The topological polar surface area (TPSA) is 78.9 Å². The van der Waals surface area contributed by atoms with Crippen molar-refractivity contribution in [1.29, 1.82) is 0 Å². The van der Waals surface area contributed by atoms with Crippen molar-refractivity contribution < 1.29 is 28.6 Å². The molecule has 0 saturated carbocycles. The molecule has 0 radical (unpaired) electrons. The predicted molar refractivity (Wildman–Crippen MR) is 203 cm³/mol. The highest BCUT2D eigenvalue weighted by molar-refractivity contribution is 5.91. The van der Waals surface area contributed by atoms with E-state index in [0.29, 0.717) is 19.6 Å². The van der Waals surface area contributed by atoms with E-state index in [-0.39, 0.29) is 18.5 Å². The molecule has 1 aliphatic heterocycles. The van der Waals surface area contributed by atoms with Gasteiger partial charge in [-0.2, -0.15) is 0 Å². The molecular weight excluding hydrogens is 612 g/mol. The fourth-order valence-electron chi connectivity index (χ4n) is 5.90. The van der Waals surface area contributed by atoms with Gasteiger partial charge in [-0.1, -0.05) is 107 Å². The predicted octanol–water partition coefficient (Wildman–Crippen LogP) is 12.2. The van der Waals surface area contributed by atoms with E-state index in [4.69, 9.17) is 14.2 Å². The first-order chi connectivity index (χ1) is 24.1. The summed E-state index contributed by atoms with van der Waals surface area (Å²) in [5, 5.41) is 0. The van der Waals surface area contributed by atoms with Crippen LogP contribution in [0, 0.1) is 0 Å². The van der Waals surface area contributed by atoms with Gasteiger partial charge in [0.15, 0.2) is 0 Å². The van der Waals surface area contributed by atoms with Crippen molar-refractivity contribution in [3.8, 4) is 0 Å². The molecular formula is C43H72O6. The monoisotopic (exact) mass is 685 g/mol. The number of hydrogen-bond donors (Lipinski definition) is 0. The zero-order chi connectivity index (χ0) is 35.3. The third-order valence-corrected chi connectivity index (χ3v) is 8.94. The Balaban J connectivity index is 2.36. The molecule has 0 unspecified atom stereocenters. The Hall–Kier alpha value is -2.63. The summed E-state index contributed by atoms with van der Waals surface area (Å²) in [6, 6.07) is 0. The molecule has 0 bridgehead atoms. The maximum absolute atomic E-state index is 12.0. The summed E-state index contributed by atoms with van der Waals surface area (Å²) < 4.78 is 16.2. The Morgan fingerprint density at radius 1 is 0.531 bits per heavy atom. The van der Waals surface area contributed by atoms with Crippen molar-refractivity contribution in [2.45, 2.75) is 193 Å². The van der Waals surface area contributed by atoms with E-state index in [2.05, 4.69) is 48.6 Å². The molecule has 6 heteroatoms. The van der Waals surface area contributed by atoms with Crippen molar-refractivity contribution in [1.82, 2.24) is 0 Å². The Labute approximate surface area is 300 Å². The minimum atomic E-state index is -0.493. The largest absolute Gasteiger partial charge is 0.465 e. The first-order valence-electron chi connectivity index (χ1n) is 20.2. The molecule has 0 aliphatic carbocycles. The van der Waals surface area contributed by atoms with Crippen LogP contribution in [0.5, 0.6) is 0 Å². The summed E-state index contributed by atoms with van der Waals surface area (Å²) >= 11 is 0. The van der Waals surface area contributed by atoms with E-state index in [1.807, 2.05) is 6.92 Å². The molecule has 49 heavy (non-hydrogen) atoms. The quantitative estimate of drug-likeness (QED) is 0.125. The van der Waals surface area contributed by atoms with Gasteiger partial charge in [-0.3, -0.25) is 14.4 Å². The maximum atomic E-state index is 12.0. The third kappa shape index (κ3) is 32.3. The average Bonchev–Trinajstić information content (AvgIpc) is 3.09. The second kappa shape index (κ2) is 35.2. The van der Waals surface area contributed by atoms with Gasteiger partial charge in [0, 0.05) is 6.42 Å². The molecule has 0 fully saturated rings. The van der Waals surface area contributed by atoms with Gasteiger partial charge < -0.3 is 14.2 Å². The highest BCUT2D eigenvalue weighted by Gasteiger charge is 2.13. The number of allylic oxidation sites excluding steroid dienone is 8. The molecule has 0 aromatic carbocycles. The molecule has 0 aromatic rings. The van der Waals surface area contributed by atoms with E-state index in [1.54, 1.807) is 0 Å². The lowest BCUT2D eigenvalue weighted by atomic mass is 10.0. The first kappa shape index (κ1) is 44.4. The lowest BCUT2D eigenvalue weighted by molar-refractivity contribution is -0.155. The van der Waals surface area contributed by atoms with Crippen LogP contribution in [0.25, 0.3) is 0 Å². The summed E-state index contributed by atoms with van der Waals surface area (Å²) in [6.07, 6.45) is 47.3. The number of carbonyl (C=O) groups is 3. The van der Waals surface area contributed by atoms with Crippen molar-refractivity contribution in [3.63, 3.8) is 0 Å². The lowest BCUT2D eigenvalue weighted by Gasteiger charge is -2.17. The molecule has 0 N–H and O–H groups in total. The van der Waals surface area contributed by atoms with Gasteiger partial charge in [-0.05, 0) is 116 Å². The standard InChI is InChI=1S/C43H72O6/c1-2-41(44)49-40-35-31-27-23-19-15-11-7-3-5-9-13-17-21-25-29-33-37-47-42(45)39-43(46)48-38-34-30-26-22-18-14-10-6-4-8-12-16-20-24-28-32-36-40/h3-6,13-14,17-18,40H,2,7-12,15-16,19-39H2,1H3/b5-3-,6-4-,17-13-,18-14-. The van der Waals surface area contributed by atoms with Crippen LogP contribution in [0.4, 0.5) is 0 Å². The van der Waals surface area contributed by atoms with Crippen LogP contribution in [0.1, 0.15) is 187 Å². The van der Waals surface area contributed by atoms with Crippen LogP contribution in [-0.2, 0) is 28.6 Å². The van der Waals surface area contributed by atoms with Crippen LogP contribution < -0.4 is 0 Å². The Morgan fingerprint density at radius 2 is 0.878 bits per heavy atom. The van der Waals surface area contributed by atoms with Crippen LogP contribution in [0.15, 0.2) is 48.6 Å². The summed E-state index contributed by atoms with van der Waals surface area (Å²) in [6.45, 7) is 2.61. The molecule has 0 saturated heterocycles. The number of rotatable bonds is 2. The molecule has 1 aliphatic rings. The highest BCUT2D eigenvalue weighted by Crippen LogP contribution is 2.18. The van der Waals surface area contributed by atoms with E-state index < -0.39 is 11.9 Å². The molecule has 280 valence electrons. The molecule has 0 aromatic heterocycles. The van der Waals surface area contributed by atoms with Gasteiger partial charge in [0.2, 0.25) is 0 Å². The minimum absolute atomic E-state index is 0.0512. The van der Waals surface area contributed by atoms with Crippen molar-refractivity contribution in [2.75, 3.05) is 13.2 Å². The summed E-state index contributed by atoms with van der Waals surface area (Å²) in [4.78, 5) is 35.7. The second-order valence-electron chi connectivity index (χ2n) is 13.5. The van der Waals surface area contributed by atoms with E-state index in [0.717, 1.165) is 103 Å². The Morgan fingerprint density at radius 3 is 1.27 bits per heavy atom. The Bertz CT molecular complexity index is 853.